The van der Waals surface area contributed by atoms with Crippen LogP contribution in [0.4, 0.5) is 0 Å². The monoisotopic (exact) mass is 478 g/mol. The van der Waals surface area contributed by atoms with Gasteiger partial charge in [0.05, 0.1) is 19.3 Å². The van der Waals surface area contributed by atoms with Gasteiger partial charge in [-0.15, -0.1) is 0 Å². The molecule has 0 radical (unpaired) electrons. The molecule has 3 aromatic rings. The number of amides is 1. The summed E-state index contributed by atoms with van der Waals surface area (Å²) in [6, 6.07) is 13.8. The Hall–Kier alpha value is -3.16. The predicted molar refractivity (Wildman–Crippen MR) is 136 cm³/mol. The molecule has 1 aliphatic rings. The Morgan fingerprint density at radius 3 is 2.46 bits per heavy atom. The minimum atomic E-state index is -0.407. The average Bonchev–Trinajstić information content (AvgIpc) is 2.82. The van der Waals surface area contributed by atoms with Gasteiger partial charge in [-0.25, -0.2) is 4.79 Å². The van der Waals surface area contributed by atoms with Crippen molar-refractivity contribution in [2.45, 2.75) is 58.9 Å². The van der Waals surface area contributed by atoms with Gasteiger partial charge >= 0.3 is 5.63 Å². The highest BCUT2D eigenvalue weighted by molar-refractivity contribution is 5.82. The molecule has 1 saturated heterocycles. The van der Waals surface area contributed by atoms with E-state index in [4.69, 9.17) is 13.9 Å². The molecule has 0 aliphatic carbocycles. The molecule has 0 spiro atoms. The summed E-state index contributed by atoms with van der Waals surface area (Å²) in [6.45, 7) is 9.33. The molecule has 4 rings (SSSR count). The lowest BCUT2D eigenvalue weighted by Crippen LogP contribution is -2.44. The smallest absolute Gasteiger partial charge is 0.339 e. The Kier molecular flexibility index (Phi) is 7.88. The van der Waals surface area contributed by atoms with Crippen molar-refractivity contribution in [3.05, 3.63) is 75.1 Å². The number of benzene rings is 2. The molecule has 1 fully saturated rings. The molecular formula is C28H34N2O5. The van der Waals surface area contributed by atoms with Crippen molar-refractivity contribution in [3.8, 4) is 5.75 Å². The number of nitrogens with zero attached hydrogens (tertiary/aromatic N) is 1. The van der Waals surface area contributed by atoms with E-state index >= 15 is 0 Å². The molecular weight excluding hydrogens is 444 g/mol. The van der Waals surface area contributed by atoms with E-state index in [2.05, 4.69) is 48.3 Å². The van der Waals surface area contributed by atoms with Crippen LogP contribution in [0.15, 0.2) is 51.7 Å². The lowest BCUT2D eigenvalue weighted by Gasteiger charge is -2.35. The van der Waals surface area contributed by atoms with E-state index in [0.717, 1.165) is 36.1 Å². The van der Waals surface area contributed by atoms with Crippen LogP contribution < -0.4 is 15.7 Å². The van der Waals surface area contributed by atoms with Crippen molar-refractivity contribution in [3.63, 3.8) is 0 Å². The van der Waals surface area contributed by atoms with E-state index in [9.17, 15) is 9.59 Å². The molecule has 35 heavy (non-hydrogen) atoms. The number of morpholine rings is 1. The van der Waals surface area contributed by atoms with Crippen LogP contribution in [0.5, 0.6) is 5.75 Å². The lowest BCUT2D eigenvalue weighted by molar-refractivity contribution is -0.121. The quantitative estimate of drug-likeness (QED) is 0.494. The topological polar surface area (TPSA) is 81.0 Å². The fourth-order valence-electron chi connectivity index (χ4n) is 4.75. The molecule has 0 saturated carbocycles. The van der Waals surface area contributed by atoms with Crippen molar-refractivity contribution in [2.24, 2.45) is 0 Å². The zero-order valence-corrected chi connectivity index (χ0v) is 20.9. The van der Waals surface area contributed by atoms with Gasteiger partial charge in [0.25, 0.3) is 0 Å². The summed E-state index contributed by atoms with van der Waals surface area (Å²) >= 11 is 0. The van der Waals surface area contributed by atoms with Gasteiger partial charge < -0.3 is 19.2 Å². The Labute approximate surface area is 206 Å². The molecule has 1 N–H and O–H groups in total. The highest BCUT2D eigenvalue weighted by atomic mass is 16.5. The number of carbonyl (C=O) groups excluding carboxylic acids is 1. The van der Waals surface area contributed by atoms with Gasteiger partial charge in [-0.05, 0) is 56.0 Å². The first kappa shape index (κ1) is 24.9. The fraction of sp³-hybridized carbons (Fsp3) is 0.429. The average molecular weight is 479 g/mol. The van der Waals surface area contributed by atoms with Gasteiger partial charge in [-0.1, -0.05) is 24.3 Å². The summed E-state index contributed by atoms with van der Waals surface area (Å²) in [7, 11) is 1.57. The maximum atomic E-state index is 12.5. The third-order valence-electron chi connectivity index (χ3n) is 6.51. The van der Waals surface area contributed by atoms with Crippen molar-refractivity contribution >= 4 is 16.9 Å². The van der Waals surface area contributed by atoms with Crippen LogP contribution in [0.1, 0.15) is 42.5 Å². The summed E-state index contributed by atoms with van der Waals surface area (Å²) in [4.78, 5) is 27.4. The van der Waals surface area contributed by atoms with E-state index < -0.39 is 5.63 Å². The first-order valence-electron chi connectivity index (χ1n) is 12.1. The molecule has 0 bridgehead atoms. The van der Waals surface area contributed by atoms with Crippen LogP contribution in [0.25, 0.3) is 11.0 Å². The summed E-state index contributed by atoms with van der Waals surface area (Å²) in [6.07, 6.45) is 1.05. The maximum absolute atomic E-state index is 12.5. The Morgan fingerprint density at radius 2 is 1.77 bits per heavy atom. The number of aryl methyl sites for hydroxylation is 1. The predicted octanol–water partition coefficient (Wildman–Crippen LogP) is 3.97. The molecule has 7 nitrogen and oxygen atoms in total. The van der Waals surface area contributed by atoms with Gasteiger partial charge in [0, 0.05) is 49.6 Å². The number of nitrogens with one attached hydrogen (secondary N) is 1. The maximum Gasteiger partial charge on any atom is 0.339 e. The highest BCUT2D eigenvalue weighted by Crippen LogP contribution is 2.24. The molecule has 1 amide bonds. The minimum absolute atomic E-state index is 0.0982. The number of hydrogen-bond donors (Lipinski definition) is 1. The summed E-state index contributed by atoms with van der Waals surface area (Å²) < 4.78 is 16.5. The second-order valence-electron chi connectivity index (χ2n) is 9.40. The largest absolute Gasteiger partial charge is 0.497 e. The summed E-state index contributed by atoms with van der Waals surface area (Å²) in [5, 5.41) is 3.81. The normalized spacial score (nSPS) is 18.5. The SMILES string of the molecule is COc1ccc2c(C)c(CCC(=O)NCc3ccc(CN4CC(C)OC(C)C4)cc3)c(=O)oc2c1. The fourth-order valence-corrected chi connectivity index (χ4v) is 4.75. The van der Waals surface area contributed by atoms with Gasteiger partial charge in [-0.2, -0.15) is 0 Å². The number of methoxy groups -OCH3 is 1. The molecule has 186 valence electrons. The summed E-state index contributed by atoms with van der Waals surface area (Å²) in [5.41, 5.74) is 3.75. The van der Waals surface area contributed by atoms with Gasteiger partial charge in [0.15, 0.2) is 0 Å². The number of fused-ring (bicyclic) bond motifs is 1. The number of ether oxygens (including phenoxy) is 2. The van der Waals surface area contributed by atoms with Crippen LogP contribution in [0.2, 0.25) is 0 Å². The van der Waals surface area contributed by atoms with E-state index in [1.165, 1.54) is 5.56 Å². The van der Waals surface area contributed by atoms with Crippen LogP contribution in [0, 0.1) is 6.92 Å². The second kappa shape index (κ2) is 11.1. The molecule has 2 atom stereocenters. The van der Waals surface area contributed by atoms with Gasteiger partial charge in [0.1, 0.15) is 11.3 Å². The highest BCUT2D eigenvalue weighted by Gasteiger charge is 2.22. The second-order valence-corrected chi connectivity index (χ2v) is 9.40. The lowest BCUT2D eigenvalue weighted by atomic mass is 10.0. The third kappa shape index (κ3) is 6.29. The van der Waals surface area contributed by atoms with Gasteiger partial charge in [-0.3, -0.25) is 9.69 Å². The van der Waals surface area contributed by atoms with Crippen molar-refractivity contribution in [2.75, 3.05) is 20.2 Å². The Balaban J connectivity index is 1.29. The number of rotatable bonds is 8. The minimum Gasteiger partial charge on any atom is -0.497 e. The van der Waals surface area contributed by atoms with Gasteiger partial charge in [0.2, 0.25) is 5.91 Å². The van der Waals surface area contributed by atoms with Crippen molar-refractivity contribution in [1.29, 1.82) is 0 Å². The van der Waals surface area contributed by atoms with Crippen molar-refractivity contribution < 1.29 is 18.7 Å². The number of hydrogen-bond acceptors (Lipinski definition) is 6. The summed E-state index contributed by atoms with van der Waals surface area (Å²) in [5.74, 6) is 0.532. The van der Waals surface area contributed by atoms with Crippen LogP contribution in [-0.2, 0) is 29.0 Å². The van der Waals surface area contributed by atoms with E-state index in [-0.39, 0.29) is 24.5 Å². The molecule has 2 aromatic carbocycles. The van der Waals surface area contributed by atoms with E-state index in [1.807, 2.05) is 19.1 Å². The molecule has 2 heterocycles. The standard InChI is InChI=1S/C28H34N2O5/c1-18-15-30(16-19(2)34-18)17-22-7-5-21(6-8-22)14-29-27(31)12-11-25-20(3)24-10-9-23(33-4)13-26(24)35-28(25)32/h5-10,13,18-19H,11-12,14-17H2,1-4H3,(H,29,31). The zero-order chi connectivity index (χ0) is 24.9. The molecule has 1 aromatic heterocycles. The molecule has 7 heteroatoms. The van der Waals surface area contributed by atoms with E-state index in [0.29, 0.717) is 29.9 Å². The first-order valence-corrected chi connectivity index (χ1v) is 12.1. The van der Waals surface area contributed by atoms with Crippen LogP contribution >= 0.6 is 0 Å². The molecule has 2 unspecified atom stereocenters. The van der Waals surface area contributed by atoms with E-state index in [1.54, 1.807) is 13.2 Å². The molecule has 1 aliphatic heterocycles. The van der Waals surface area contributed by atoms with Crippen molar-refractivity contribution in [1.82, 2.24) is 10.2 Å². The van der Waals surface area contributed by atoms with Crippen LogP contribution in [0.3, 0.4) is 0 Å². The Morgan fingerprint density at radius 1 is 1.09 bits per heavy atom. The third-order valence-corrected chi connectivity index (χ3v) is 6.51. The Bertz CT molecular complexity index is 1220. The van der Waals surface area contributed by atoms with Crippen LogP contribution in [-0.4, -0.2) is 43.2 Å². The number of carbonyl (C=O) groups is 1. The zero-order valence-electron chi connectivity index (χ0n) is 20.9. The first-order chi connectivity index (χ1) is 16.8.